The van der Waals surface area contributed by atoms with Crippen molar-refractivity contribution in [2.75, 3.05) is 14.7 Å². The van der Waals surface area contributed by atoms with E-state index in [2.05, 4.69) is 323 Å². The molecule has 0 N–H and O–H groups in total. The van der Waals surface area contributed by atoms with E-state index in [1.54, 1.807) is 0 Å². The van der Waals surface area contributed by atoms with Gasteiger partial charge in [-0.25, -0.2) is 0 Å². The van der Waals surface area contributed by atoms with Crippen LogP contribution in [-0.2, 0) is 10.8 Å². The van der Waals surface area contributed by atoms with Gasteiger partial charge in [0.25, 0.3) is 6.71 Å². The fourth-order valence-electron chi connectivity index (χ4n) is 13.8. The fraction of sp³-hybridized carbons (Fsp3) is 0.100. The van der Waals surface area contributed by atoms with Crippen molar-refractivity contribution in [2.24, 2.45) is 0 Å². The van der Waals surface area contributed by atoms with Crippen molar-refractivity contribution in [1.82, 2.24) is 0 Å². The molecule has 12 aromatic carbocycles. The van der Waals surface area contributed by atoms with E-state index < -0.39 is 0 Å². The Balaban J connectivity index is 1.10. The quantitative estimate of drug-likeness (QED) is 0.142. The summed E-state index contributed by atoms with van der Waals surface area (Å²) in [5, 5.41) is 4.21. The Labute approximate surface area is 502 Å². The molecular formula is C80H62BN3O2. The highest BCUT2D eigenvalue weighted by molar-refractivity contribution is 7.02. The van der Waals surface area contributed by atoms with Crippen molar-refractivity contribution in [3.05, 3.63) is 278 Å². The van der Waals surface area contributed by atoms with E-state index >= 15 is 0 Å². The van der Waals surface area contributed by atoms with Crippen LogP contribution >= 0.6 is 0 Å². The van der Waals surface area contributed by atoms with E-state index in [0.717, 1.165) is 139 Å². The molecule has 2 aliphatic heterocycles. The second-order valence-electron chi connectivity index (χ2n) is 25.2. The normalized spacial score (nSPS) is 12.9. The van der Waals surface area contributed by atoms with Gasteiger partial charge in [0.15, 0.2) is 5.58 Å². The monoisotopic (exact) mass is 1110 g/mol. The number of para-hydroxylation sites is 5. The lowest BCUT2D eigenvalue weighted by Gasteiger charge is -2.45. The highest BCUT2D eigenvalue weighted by Gasteiger charge is 2.48. The third-order valence-corrected chi connectivity index (χ3v) is 17.9. The van der Waals surface area contributed by atoms with Gasteiger partial charge in [0.2, 0.25) is 0 Å². The Morgan fingerprint density at radius 1 is 0.349 bits per heavy atom. The van der Waals surface area contributed by atoms with Gasteiger partial charge >= 0.3 is 0 Å². The molecule has 0 spiro atoms. The molecule has 16 rings (SSSR count). The van der Waals surface area contributed by atoms with Crippen molar-refractivity contribution < 1.29 is 8.83 Å². The maximum absolute atomic E-state index is 7.51. The first-order valence-corrected chi connectivity index (χ1v) is 30.0. The predicted molar refractivity (Wildman–Crippen MR) is 363 cm³/mol. The molecule has 0 aliphatic carbocycles. The molecule has 0 saturated carbocycles. The highest BCUT2D eigenvalue weighted by atomic mass is 16.3. The molecule has 0 saturated heterocycles. The smallest absolute Gasteiger partial charge is 0.257 e. The van der Waals surface area contributed by atoms with Crippen LogP contribution in [0.25, 0.3) is 77.3 Å². The van der Waals surface area contributed by atoms with Crippen LogP contribution in [-0.4, -0.2) is 6.71 Å². The molecule has 0 bridgehead atoms. The minimum absolute atomic E-state index is 0.0175. The second-order valence-corrected chi connectivity index (χ2v) is 25.2. The molecule has 0 unspecified atom stereocenters. The molecule has 4 heterocycles. The van der Waals surface area contributed by atoms with Crippen molar-refractivity contribution in [3.8, 4) is 33.4 Å². The minimum Gasteiger partial charge on any atom is -0.456 e. The molecule has 0 radical (unpaired) electrons. The standard InChI is InChI=1S/C80H62BN3O2/c1-79(2,3)55-40-38-51(39-41-55)54-48-67-73-68(49-54)84(75-61(52-24-11-7-12-25-52)34-23-35-62(75)53-26-13-8-14-27-53)66-50-60(82(57-28-15-9-16-29-57)59-44-42-56(43-45-59)80(4,5)6)46-47-65(66)81(73)74-76(83(67)58-30-17-10-18-31-58)78-72(64-33-20-22-37-70(64)86-78)71-63-32-19-21-36-69(63)85-77(71)74/h7-50H,1-6H3. The third-order valence-electron chi connectivity index (χ3n) is 17.9. The van der Waals surface area contributed by atoms with Gasteiger partial charge in [-0.1, -0.05) is 236 Å². The highest BCUT2D eigenvalue weighted by Crippen LogP contribution is 2.55. The van der Waals surface area contributed by atoms with Crippen LogP contribution < -0.4 is 31.1 Å². The van der Waals surface area contributed by atoms with Gasteiger partial charge in [-0.2, -0.15) is 0 Å². The molecule has 5 nitrogen and oxygen atoms in total. The lowest BCUT2D eigenvalue weighted by atomic mass is 9.33. The van der Waals surface area contributed by atoms with E-state index in [9.17, 15) is 0 Å². The predicted octanol–water partition coefficient (Wildman–Crippen LogP) is 20.6. The number of anilines is 9. The first-order chi connectivity index (χ1) is 42.0. The number of benzene rings is 12. The fourth-order valence-corrected chi connectivity index (χ4v) is 13.8. The summed E-state index contributed by atoms with van der Waals surface area (Å²) in [4.78, 5) is 7.54. The van der Waals surface area contributed by atoms with Gasteiger partial charge in [0.1, 0.15) is 16.7 Å². The van der Waals surface area contributed by atoms with Crippen molar-refractivity contribution in [3.63, 3.8) is 0 Å². The van der Waals surface area contributed by atoms with Gasteiger partial charge in [-0.3, -0.25) is 0 Å². The summed E-state index contributed by atoms with van der Waals surface area (Å²) < 4.78 is 14.9. The van der Waals surface area contributed by atoms with Crippen molar-refractivity contribution in [1.29, 1.82) is 0 Å². The van der Waals surface area contributed by atoms with Crippen LogP contribution in [0, 0.1) is 0 Å². The average molecular weight is 1110 g/mol. The molecule has 86 heavy (non-hydrogen) atoms. The Bertz CT molecular complexity index is 4880. The second kappa shape index (κ2) is 19.7. The van der Waals surface area contributed by atoms with E-state index in [1.165, 1.54) is 16.6 Å². The zero-order valence-corrected chi connectivity index (χ0v) is 49.1. The Morgan fingerprint density at radius 3 is 1.41 bits per heavy atom. The number of fused-ring (bicyclic) bond motifs is 13. The summed E-state index contributed by atoms with van der Waals surface area (Å²) in [6, 6.07) is 98.0. The molecule has 0 atom stereocenters. The van der Waals surface area contributed by atoms with Gasteiger partial charge in [-0.05, 0) is 128 Å². The molecule has 2 aliphatic rings. The molecule has 0 amide bonds. The van der Waals surface area contributed by atoms with E-state index in [1.807, 2.05) is 0 Å². The number of nitrogens with zero attached hydrogens (tertiary/aromatic N) is 3. The van der Waals surface area contributed by atoms with Gasteiger partial charge in [-0.15, -0.1) is 0 Å². The first kappa shape index (κ1) is 51.4. The topological polar surface area (TPSA) is 36.0 Å². The first-order valence-electron chi connectivity index (χ1n) is 30.0. The minimum atomic E-state index is -0.353. The van der Waals surface area contributed by atoms with Crippen molar-refractivity contribution >= 4 is 118 Å². The Hall–Kier alpha value is -10.3. The summed E-state index contributed by atoms with van der Waals surface area (Å²) in [5.74, 6) is 0. The van der Waals surface area contributed by atoms with Crippen LogP contribution in [0.4, 0.5) is 51.2 Å². The zero-order chi connectivity index (χ0) is 58.0. The van der Waals surface area contributed by atoms with Crippen LogP contribution in [0.5, 0.6) is 0 Å². The summed E-state index contributed by atoms with van der Waals surface area (Å²) in [7, 11) is 0. The molecule has 14 aromatic rings. The van der Waals surface area contributed by atoms with Gasteiger partial charge < -0.3 is 23.5 Å². The number of rotatable bonds is 8. The van der Waals surface area contributed by atoms with E-state index in [0.29, 0.717) is 0 Å². The maximum Gasteiger partial charge on any atom is 0.257 e. The Morgan fingerprint density at radius 2 is 0.826 bits per heavy atom. The summed E-state index contributed by atoms with van der Waals surface area (Å²) >= 11 is 0. The van der Waals surface area contributed by atoms with Crippen molar-refractivity contribution in [2.45, 2.75) is 52.4 Å². The van der Waals surface area contributed by atoms with Crippen LogP contribution in [0.1, 0.15) is 52.7 Å². The number of furan rings is 2. The summed E-state index contributed by atoms with van der Waals surface area (Å²) in [5.41, 5.74) is 25.4. The summed E-state index contributed by atoms with van der Waals surface area (Å²) in [6.45, 7) is 13.4. The lowest BCUT2D eigenvalue weighted by Crippen LogP contribution is -2.61. The number of hydrogen-bond acceptors (Lipinski definition) is 5. The summed E-state index contributed by atoms with van der Waals surface area (Å²) in [6.07, 6.45) is 0. The molecule has 6 heteroatoms. The molecule has 412 valence electrons. The van der Waals surface area contributed by atoms with Gasteiger partial charge in [0.05, 0.1) is 11.4 Å². The molecule has 0 fully saturated rings. The molecular weight excluding hydrogens is 1050 g/mol. The maximum atomic E-state index is 7.51. The van der Waals surface area contributed by atoms with Crippen LogP contribution in [0.2, 0.25) is 0 Å². The van der Waals surface area contributed by atoms with Gasteiger partial charge in [0, 0.05) is 77.9 Å². The average Bonchev–Trinajstić information content (AvgIpc) is 1.21. The van der Waals surface area contributed by atoms with Crippen LogP contribution in [0.3, 0.4) is 0 Å². The third kappa shape index (κ3) is 8.15. The van der Waals surface area contributed by atoms with Crippen LogP contribution in [0.15, 0.2) is 276 Å². The SMILES string of the molecule is CC(C)(C)c1ccc(-c2cc3c4c(c2)N(c2ccccc2)c2c(c5oc6ccccc6c5c5c2oc2ccccc25)B4c2ccc(N(c4ccccc4)c4ccc(C(C)(C)C)cc4)cc2N3c2c(-c3ccccc3)cccc2-c2ccccc2)cc1. The zero-order valence-electron chi connectivity index (χ0n) is 49.1. The largest absolute Gasteiger partial charge is 0.456 e. The lowest BCUT2D eigenvalue weighted by molar-refractivity contribution is 0.590. The number of hydrogen-bond donors (Lipinski definition) is 0. The molecule has 2 aromatic heterocycles. The van der Waals surface area contributed by atoms with E-state index in [4.69, 9.17) is 8.83 Å². The van der Waals surface area contributed by atoms with E-state index in [-0.39, 0.29) is 17.5 Å². The Kier molecular flexibility index (Phi) is 11.7.